The number of hydrazone groups is 1. The zero-order valence-electron chi connectivity index (χ0n) is 15.6. The molecular weight excluding hydrogens is 426 g/mol. The van der Waals surface area contributed by atoms with Crippen molar-refractivity contribution in [3.63, 3.8) is 0 Å². The Morgan fingerprint density at radius 3 is 2.78 bits per heavy atom. The average Bonchev–Trinajstić information content (AvgIpc) is 3.01. The standard InChI is InChI=1S/C19H22BrN5OS/c1-4-5-6-7-16-23-25-17(21)13(18(26)22-19(25)27-16)10-12-8-9-15(24(2)3)14(20)11-12/h8-11,21H,4-7H2,1-3H3/b13-10-,21-17?. The third kappa shape index (κ3) is 4.32. The van der Waals surface area contributed by atoms with Crippen LogP contribution in [0.4, 0.5) is 5.69 Å². The maximum atomic E-state index is 12.5. The lowest BCUT2D eigenvalue weighted by Crippen LogP contribution is -2.35. The Bertz CT molecular complexity index is 875. The summed E-state index contributed by atoms with van der Waals surface area (Å²) >= 11 is 4.95. The molecule has 8 heteroatoms. The first kappa shape index (κ1) is 19.8. The molecule has 0 radical (unpaired) electrons. The Balaban J connectivity index is 1.84. The Morgan fingerprint density at radius 1 is 1.33 bits per heavy atom. The van der Waals surface area contributed by atoms with E-state index < -0.39 is 5.91 Å². The summed E-state index contributed by atoms with van der Waals surface area (Å²) in [5, 5.41) is 15.8. The molecule has 142 valence electrons. The second-order valence-corrected chi connectivity index (χ2v) is 8.47. The van der Waals surface area contributed by atoms with Crippen molar-refractivity contribution >= 4 is 61.4 Å². The predicted octanol–water partition coefficient (Wildman–Crippen LogP) is 4.71. The number of amides is 1. The number of nitrogens with one attached hydrogen (secondary N) is 1. The number of carbonyl (C=O) groups is 1. The molecule has 1 aromatic carbocycles. The average molecular weight is 448 g/mol. The van der Waals surface area contributed by atoms with Crippen molar-refractivity contribution in [1.29, 1.82) is 5.41 Å². The van der Waals surface area contributed by atoms with E-state index >= 15 is 0 Å². The molecule has 0 saturated carbocycles. The molecule has 0 aromatic heterocycles. The van der Waals surface area contributed by atoms with Gasteiger partial charge in [-0.2, -0.15) is 15.1 Å². The second-order valence-electron chi connectivity index (χ2n) is 6.58. The number of unbranched alkanes of at least 4 members (excludes halogenated alkanes) is 2. The van der Waals surface area contributed by atoms with Crippen molar-refractivity contribution in [2.24, 2.45) is 10.1 Å². The van der Waals surface area contributed by atoms with Gasteiger partial charge in [-0.3, -0.25) is 10.2 Å². The highest BCUT2D eigenvalue weighted by atomic mass is 79.9. The Labute approximate surface area is 172 Å². The number of benzene rings is 1. The Hall–Kier alpha value is -1.93. The molecule has 1 N–H and O–H groups in total. The minimum atomic E-state index is -0.392. The van der Waals surface area contributed by atoms with Gasteiger partial charge in [0.05, 0.1) is 11.3 Å². The molecule has 0 atom stereocenters. The van der Waals surface area contributed by atoms with Crippen molar-refractivity contribution in [3.8, 4) is 0 Å². The summed E-state index contributed by atoms with van der Waals surface area (Å²) in [5.74, 6) is -0.313. The number of fused-ring (bicyclic) bond motifs is 1. The topological polar surface area (TPSA) is 72.1 Å². The van der Waals surface area contributed by atoms with E-state index in [1.165, 1.54) is 16.8 Å². The van der Waals surface area contributed by atoms with Crippen LogP contribution in [-0.2, 0) is 4.79 Å². The lowest BCUT2D eigenvalue weighted by Gasteiger charge is -2.20. The molecule has 1 amide bonds. The van der Waals surface area contributed by atoms with E-state index in [1.807, 2.05) is 37.2 Å². The molecule has 2 aliphatic heterocycles. The molecule has 27 heavy (non-hydrogen) atoms. The molecule has 0 bridgehead atoms. The lowest BCUT2D eigenvalue weighted by atomic mass is 10.1. The van der Waals surface area contributed by atoms with Crippen molar-refractivity contribution in [2.75, 3.05) is 19.0 Å². The summed E-state index contributed by atoms with van der Waals surface area (Å²) in [4.78, 5) is 18.6. The highest BCUT2D eigenvalue weighted by Crippen LogP contribution is 2.31. The number of rotatable bonds is 6. The Kier molecular flexibility index (Phi) is 6.16. The van der Waals surface area contributed by atoms with E-state index in [1.54, 1.807) is 6.08 Å². The molecule has 0 fully saturated rings. The van der Waals surface area contributed by atoms with Gasteiger partial charge in [0.1, 0.15) is 5.04 Å². The van der Waals surface area contributed by atoms with Gasteiger partial charge in [0.15, 0.2) is 5.84 Å². The van der Waals surface area contributed by atoms with Crippen LogP contribution in [0.2, 0.25) is 0 Å². The zero-order valence-corrected chi connectivity index (χ0v) is 18.0. The first-order valence-electron chi connectivity index (χ1n) is 8.86. The van der Waals surface area contributed by atoms with Crippen LogP contribution in [0.15, 0.2) is 38.3 Å². The smallest absolute Gasteiger partial charge is 0.283 e. The lowest BCUT2D eigenvalue weighted by molar-refractivity contribution is -0.114. The number of halogens is 1. The highest BCUT2D eigenvalue weighted by molar-refractivity contribution is 9.10. The molecule has 0 unspecified atom stereocenters. The number of nitrogens with zero attached hydrogens (tertiary/aromatic N) is 4. The number of amidine groups is 2. The third-order valence-electron chi connectivity index (χ3n) is 4.26. The van der Waals surface area contributed by atoms with Gasteiger partial charge in [0, 0.05) is 18.6 Å². The molecule has 3 rings (SSSR count). The van der Waals surface area contributed by atoms with Crippen molar-refractivity contribution < 1.29 is 4.79 Å². The fourth-order valence-corrected chi connectivity index (χ4v) is 4.48. The molecule has 0 aliphatic carbocycles. The molecule has 0 saturated heterocycles. The second kappa shape index (κ2) is 8.39. The molecular formula is C19H22BrN5OS. The van der Waals surface area contributed by atoms with Crippen LogP contribution in [0.5, 0.6) is 0 Å². The minimum Gasteiger partial charge on any atom is -0.377 e. The van der Waals surface area contributed by atoms with Crippen LogP contribution in [0.1, 0.15) is 38.2 Å². The van der Waals surface area contributed by atoms with Crippen LogP contribution >= 0.6 is 27.7 Å². The summed E-state index contributed by atoms with van der Waals surface area (Å²) in [5.41, 5.74) is 2.13. The molecule has 6 nitrogen and oxygen atoms in total. The van der Waals surface area contributed by atoms with Crippen LogP contribution in [0.25, 0.3) is 6.08 Å². The van der Waals surface area contributed by atoms with Gasteiger partial charge < -0.3 is 4.90 Å². The van der Waals surface area contributed by atoms with Crippen molar-refractivity contribution in [1.82, 2.24) is 5.01 Å². The quantitative estimate of drug-likeness (QED) is 0.505. The maximum absolute atomic E-state index is 12.5. The van der Waals surface area contributed by atoms with Gasteiger partial charge >= 0.3 is 0 Å². The van der Waals surface area contributed by atoms with Gasteiger partial charge in [0.25, 0.3) is 5.91 Å². The summed E-state index contributed by atoms with van der Waals surface area (Å²) < 4.78 is 0.925. The SMILES string of the molecule is CCCCCC1=NN2C(=N)/C(=C/c3ccc(N(C)C)c(Br)c3)C(=O)N=C2S1. The van der Waals surface area contributed by atoms with Gasteiger partial charge in [0.2, 0.25) is 5.17 Å². The van der Waals surface area contributed by atoms with Crippen LogP contribution in [-0.4, -0.2) is 41.1 Å². The summed E-state index contributed by atoms with van der Waals surface area (Å²) in [6.45, 7) is 2.16. The molecule has 2 heterocycles. The maximum Gasteiger partial charge on any atom is 0.283 e. The summed E-state index contributed by atoms with van der Waals surface area (Å²) in [6, 6.07) is 5.82. The summed E-state index contributed by atoms with van der Waals surface area (Å²) in [7, 11) is 3.94. The van der Waals surface area contributed by atoms with E-state index in [4.69, 9.17) is 5.41 Å². The van der Waals surface area contributed by atoms with Crippen molar-refractivity contribution in [2.45, 2.75) is 32.6 Å². The number of thioether (sulfide) groups is 1. The first-order chi connectivity index (χ1) is 12.9. The number of carbonyl (C=O) groups excluding carboxylic acids is 1. The van der Waals surface area contributed by atoms with Crippen molar-refractivity contribution in [3.05, 3.63) is 33.8 Å². The van der Waals surface area contributed by atoms with Gasteiger partial charge in [-0.25, -0.2) is 0 Å². The Morgan fingerprint density at radius 2 is 2.11 bits per heavy atom. The number of hydrogen-bond donors (Lipinski definition) is 1. The van der Waals surface area contributed by atoms with E-state index in [2.05, 4.69) is 32.9 Å². The highest BCUT2D eigenvalue weighted by Gasteiger charge is 2.35. The van der Waals surface area contributed by atoms with Crippen LogP contribution < -0.4 is 4.90 Å². The van der Waals surface area contributed by atoms with E-state index in [-0.39, 0.29) is 11.4 Å². The zero-order chi connectivity index (χ0) is 19.6. The predicted molar refractivity (Wildman–Crippen MR) is 118 cm³/mol. The first-order valence-corrected chi connectivity index (χ1v) is 10.5. The fourth-order valence-electron chi connectivity index (χ4n) is 2.80. The summed E-state index contributed by atoms with van der Waals surface area (Å²) in [6.07, 6.45) is 5.90. The van der Waals surface area contributed by atoms with Crippen LogP contribution in [0.3, 0.4) is 0 Å². The van der Waals surface area contributed by atoms with Gasteiger partial charge in [-0.05, 0) is 64.3 Å². The van der Waals surface area contributed by atoms with Gasteiger partial charge in [-0.1, -0.05) is 25.8 Å². The van der Waals surface area contributed by atoms with Gasteiger partial charge in [-0.15, -0.1) is 0 Å². The monoisotopic (exact) mass is 447 g/mol. The molecule has 0 spiro atoms. The molecule has 2 aliphatic rings. The minimum absolute atomic E-state index is 0.0794. The normalized spacial score (nSPS) is 17.9. The van der Waals surface area contributed by atoms with E-state index in [0.29, 0.717) is 5.17 Å². The van der Waals surface area contributed by atoms with E-state index in [9.17, 15) is 4.79 Å². The number of aliphatic imine (C=N–C) groups is 1. The number of anilines is 1. The van der Waals surface area contributed by atoms with E-state index in [0.717, 1.165) is 46.5 Å². The molecule has 1 aromatic rings. The van der Waals surface area contributed by atoms with Crippen LogP contribution in [0, 0.1) is 5.41 Å². The third-order valence-corrected chi connectivity index (χ3v) is 5.86. The number of hydrogen-bond acceptors (Lipinski definition) is 5. The largest absolute Gasteiger partial charge is 0.377 e. The fraction of sp³-hybridized carbons (Fsp3) is 0.368.